The molecule has 0 aromatic heterocycles. The Bertz CT molecular complexity index is 178. The standard InChI is InChI=1S/C8H16N2O2/c1-6(2)8(12)10(5-4-9)7(3)11/h6H,4-5,9H2,1-3H3. The van der Waals surface area contributed by atoms with E-state index in [4.69, 9.17) is 5.73 Å². The van der Waals surface area contributed by atoms with Crippen LogP contribution in [0.1, 0.15) is 20.8 Å². The number of hydrogen-bond donors (Lipinski definition) is 1. The summed E-state index contributed by atoms with van der Waals surface area (Å²) in [4.78, 5) is 23.4. The number of nitrogens with zero attached hydrogens (tertiary/aromatic N) is 1. The van der Waals surface area contributed by atoms with Gasteiger partial charge in [0.25, 0.3) is 0 Å². The van der Waals surface area contributed by atoms with Crippen LogP contribution >= 0.6 is 0 Å². The van der Waals surface area contributed by atoms with E-state index in [-0.39, 0.29) is 17.7 Å². The highest BCUT2D eigenvalue weighted by molar-refractivity contribution is 5.94. The minimum Gasteiger partial charge on any atom is -0.329 e. The van der Waals surface area contributed by atoms with Gasteiger partial charge < -0.3 is 5.73 Å². The molecule has 0 aromatic rings. The second kappa shape index (κ2) is 4.87. The Morgan fingerprint density at radius 1 is 1.42 bits per heavy atom. The predicted molar refractivity (Wildman–Crippen MR) is 46.3 cm³/mol. The highest BCUT2D eigenvalue weighted by Crippen LogP contribution is 2.00. The van der Waals surface area contributed by atoms with Crippen molar-refractivity contribution >= 4 is 11.8 Å². The van der Waals surface area contributed by atoms with Crippen LogP contribution in [0.4, 0.5) is 0 Å². The molecule has 70 valence electrons. The Hall–Kier alpha value is -0.900. The summed E-state index contributed by atoms with van der Waals surface area (Å²) in [6.07, 6.45) is 0. The van der Waals surface area contributed by atoms with Crippen molar-refractivity contribution in [1.82, 2.24) is 4.90 Å². The summed E-state index contributed by atoms with van der Waals surface area (Å²) >= 11 is 0. The molecular formula is C8H16N2O2. The lowest BCUT2D eigenvalue weighted by molar-refractivity contribution is -0.145. The van der Waals surface area contributed by atoms with Gasteiger partial charge in [-0.15, -0.1) is 0 Å². The molecule has 0 spiro atoms. The highest BCUT2D eigenvalue weighted by Gasteiger charge is 2.19. The summed E-state index contributed by atoms with van der Waals surface area (Å²) in [6, 6.07) is 0. The molecule has 0 rings (SSSR count). The molecule has 2 N–H and O–H groups in total. The largest absolute Gasteiger partial charge is 0.329 e. The SMILES string of the molecule is CC(=O)N(CCN)C(=O)C(C)C. The summed E-state index contributed by atoms with van der Waals surface area (Å²) in [7, 11) is 0. The number of nitrogens with two attached hydrogens (primary N) is 1. The van der Waals surface area contributed by atoms with Gasteiger partial charge in [0.15, 0.2) is 0 Å². The summed E-state index contributed by atoms with van der Waals surface area (Å²) in [5.41, 5.74) is 5.26. The predicted octanol–water partition coefficient (Wildman–Crippen LogP) is -0.0238. The van der Waals surface area contributed by atoms with E-state index in [1.165, 1.54) is 11.8 Å². The third kappa shape index (κ3) is 3.00. The van der Waals surface area contributed by atoms with Crippen LogP contribution in [-0.2, 0) is 9.59 Å². The Balaban J connectivity index is 4.30. The van der Waals surface area contributed by atoms with Gasteiger partial charge in [-0.05, 0) is 0 Å². The molecule has 0 saturated carbocycles. The Kier molecular flexibility index (Phi) is 4.51. The third-order valence-corrected chi connectivity index (χ3v) is 1.49. The molecule has 0 aromatic carbocycles. The van der Waals surface area contributed by atoms with Crippen molar-refractivity contribution in [3.05, 3.63) is 0 Å². The molecule has 0 fully saturated rings. The van der Waals surface area contributed by atoms with Crippen LogP contribution < -0.4 is 5.73 Å². The van der Waals surface area contributed by atoms with Crippen LogP contribution in [0, 0.1) is 5.92 Å². The number of carbonyl (C=O) groups excluding carboxylic acids is 2. The van der Waals surface area contributed by atoms with E-state index in [1.54, 1.807) is 13.8 Å². The average molecular weight is 172 g/mol. The molecule has 4 heteroatoms. The van der Waals surface area contributed by atoms with E-state index in [9.17, 15) is 9.59 Å². The van der Waals surface area contributed by atoms with Crippen molar-refractivity contribution in [3.8, 4) is 0 Å². The quantitative estimate of drug-likeness (QED) is 0.650. The first-order chi connectivity index (χ1) is 5.50. The molecule has 0 aliphatic rings. The summed E-state index contributed by atoms with van der Waals surface area (Å²) in [5.74, 6) is -0.549. The van der Waals surface area contributed by atoms with Gasteiger partial charge in [-0.2, -0.15) is 0 Å². The molecule has 0 saturated heterocycles. The Labute approximate surface area is 72.7 Å². The van der Waals surface area contributed by atoms with Gasteiger partial charge in [0.2, 0.25) is 11.8 Å². The van der Waals surface area contributed by atoms with Crippen molar-refractivity contribution in [3.63, 3.8) is 0 Å². The molecular weight excluding hydrogens is 156 g/mol. The minimum absolute atomic E-state index is 0.152. The first kappa shape index (κ1) is 11.1. The van der Waals surface area contributed by atoms with E-state index in [0.29, 0.717) is 13.1 Å². The maximum Gasteiger partial charge on any atom is 0.231 e. The lowest BCUT2D eigenvalue weighted by atomic mass is 10.2. The van der Waals surface area contributed by atoms with Crippen molar-refractivity contribution in [2.45, 2.75) is 20.8 Å². The molecule has 0 aliphatic carbocycles. The van der Waals surface area contributed by atoms with Gasteiger partial charge in [0.05, 0.1) is 0 Å². The van der Waals surface area contributed by atoms with Crippen molar-refractivity contribution in [2.75, 3.05) is 13.1 Å². The second-order valence-electron chi connectivity index (χ2n) is 2.95. The van der Waals surface area contributed by atoms with Crippen LogP contribution in [0.2, 0.25) is 0 Å². The first-order valence-electron chi connectivity index (χ1n) is 4.02. The van der Waals surface area contributed by atoms with Gasteiger partial charge in [-0.1, -0.05) is 13.8 Å². The van der Waals surface area contributed by atoms with Crippen molar-refractivity contribution in [2.24, 2.45) is 11.7 Å². The second-order valence-corrected chi connectivity index (χ2v) is 2.95. The molecule has 0 heterocycles. The Morgan fingerprint density at radius 3 is 2.17 bits per heavy atom. The summed E-state index contributed by atoms with van der Waals surface area (Å²) in [5, 5.41) is 0. The minimum atomic E-state index is -0.237. The van der Waals surface area contributed by atoms with Crippen molar-refractivity contribution in [1.29, 1.82) is 0 Å². The lowest BCUT2D eigenvalue weighted by Gasteiger charge is -2.19. The van der Waals surface area contributed by atoms with Crippen LogP contribution in [-0.4, -0.2) is 29.8 Å². The monoisotopic (exact) mass is 172 g/mol. The highest BCUT2D eigenvalue weighted by atomic mass is 16.2. The molecule has 0 radical (unpaired) electrons. The zero-order valence-corrected chi connectivity index (χ0v) is 7.83. The fourth-order valence-electron chi connectivity index (χ4n) is 0.864. The Morgan fingerprint density at radius 2 is 1.92 bits per heavy atom. The number of amides is 2. The zero-order valence-electron chi connectivity index (χ0n) is 7.83. The zero-order chi connectivity index (χ0) is 9.72. The van der Waals surface area contributed by atoms with Crippen molar-refractivity contribution < 1.29 is 9.59 Å². The van der Waals surface area contributed by atoms with Gasteiger partial charge in [0.1, 0.15) is 0 Å². The van der Waals surface area contributed by atoms with E-state index >= 15 is 0 Å². The lowest BCUT2D eigenvalue weighted by Crippen LogP contribution is -2.41. The van der Waals surface area contributed by atoms with Gasteiger partial charge in [-0.3, -0.25) is 14.5 Å². The summed E-state index contributed by atoms with van der Waals surface area (Å²) < 4.78 is 0. The number of hydrogen-bond acceptors (Lipinski definition) is 3. The van der Waals surface area contributed by atoms with Crippen LogP contribution in [0.25, 0.3) is 0 Å². The number of rotatable bonds is 3. The molecule has 0 aliphatic heterocycles. The number of carbonyl (C=O) groups is 2. The molecule has 4 nitrogen and oxygen atoms in total. The average Bonchev–Trinajstić information content (AvgIpc) is 1.98. The van der Waals surface area contributed by atoms with E-state index in [2.05, 4.69) is 0 Å². The topological polar surface area (TPSA) is 63.4 Å². The normalized spacial score (nSPS) is 10.1. The maximum absolute atomic E-state index is 11.3. The van der Waals surface area contributed by atoms with Crippen LogP contribution in [0.3, 0.4) is 0 Å². The van der Waals surface area contributed by atoms with Gasteiger partial charge in [-0.25, -0.2) is 0 Å². The fourth-order valence-corrected chi connectivity index (χ4v) is 0.864. The fraction of sp³-hybridized carbons (Fsp3) is 0.750. The molecule has 12 heavy (non-hydrogen) atoms. The van der Waals surface area contributed by atoms with Crippen LogP contribution in [0.15, 0.2) is 0 Å². The number of imide groups is 1. The first-order valence-corrected chi connectivity index (χ1v) is 4.02. The molecule has 2 amide bonds. The van der Waals surface area contributed by atoms with Gasteiger partial charge in [0, 0.05) is 25.9 Å². The van der Waals surface area contributed by atoms with E-state index in [0.717, 1.165) is 0 Å². The van der Waals surface area contributed by atoms with E-state index in [1.807, 2.05) is 0 Å². The van der Waals surface area contributed by atoms with Gasteiger partial charge >= 0.3 is 0 Å². The molecule has 0 atom stereocenters. The maximum atomic E-state index is 11.3. The smallest absolute Gasteiger partial charge is 0.231 e. The third-order valence-electron chi connectivity index (χ3n) is 1.49. The molecule has 0 bridgehead atoms. The van der Waals surface area contributed by atoms with E-state index < -0.39 is 0 Å². The van der Waals surface area contributed by atoms with Crippen LogP contribution in [0.5, 0.6) is 0 Å². The summed E-state index contributed by atoms with van der Waals surface area (Å²) in [6.45, 7) is 5.52. The molecule has 0 unspecified atom stereocenters.